The van der Waals surface area contributed by atoms with Crippen molar-refractivity contribution in [3.63, 3.8) is 0 Å². The lowest BCUT2D eigenvalue weighted by Gasteiger charge is -2.15. The molecule has 4 nitrogen and oxygen atoms in total. The van der Waals surface area contributed by atoms with Gasteiger partial charge in [0.15, 0.2) is 6.10 Å². The number of carbonyl (C=O) groups is 1. The molecule has 0 radical (unpaired) electrons. The molecule has 1 aromatic carbocycles. The topological polar surface area (TPSA) is 77.8 Å². The molecule has 1 aromatic rings. The van der Waals surface area contributed by atoms with Crippen LogP contribution in [0.1, 0.15) is 11.7 Å². The third kappa shape index (κ3) is 2.82. The second-order valence-electron chi connectivity index (χ2n) is 2.89. The second kappa shape index (κ2) is 4.81. The molecule has 0 unspecified atom stereocenters. The Bertz CT molecular complexity index is 380. The first-order valence-corrected chi connectivity index (χ1v) is 4.73. The predicted octanol–water partition coefficient (Wildman–Crippen LogP) is 1.47. The first kappa shape index (κ1) is 12.3. The van der Waals surface area contributed by atoms with Gasteiger partial charge in [0, 0.05) is 15.6 Å². The van der Waals surface area contributed by atoms with E-state index in [9.17, 15) is 9.90 Å². The summed E-state index contributed by atoms with van der Waals surface area (Å²) in [5.41, 5.74) is 0.121. The number of hydrogen-bond donors (Lipinski definition) is 3. The minimum atomic E-state index is -1.91. The van der Waals surface area contributed by atoms with E-state index in [-0.39, 0.29) is 10.6 Å². The van der Waals surface area contributed by atoms with Gasteiger partial charge in [-0.25, -0.2) is 4.79 Å². The maximum Gasteiger partial charge on any atom is 0.335 e. The Morgan fingerprint density at radius 1 is 1.27 bits per heavy atom. The number of hydrogen-bond acceptors (Lipinski definition) is 3. The zero-order chi connectivity index (χ0) is 11.6. The summed E-state index contributed by atoms with van der Waals surface area (Å²) in [5.74, 6) is -1.52. The van der Waals surface area contributed by atoms with Gasteiger partial charge < -0.3 is 15.3 Å². The summed E-state index contributed by atoms with van der Waals surface area (Å²) in [7, 11) is 0. The fourth-order valence-electron chi connectivity index (χ4n) is 1.05. The van der Waals surface area contributed by atoms with Crippen LogP contribution >= 0.6 is 23.2 Å². The van der Waals surface area contributed by atoms with E-state index in [0.29, 0.717) is 5.02 Å². The second-order valence-corrected chi connectivity index (χ2v) is 3.74. The molecule has 0 aromatic heterocycles. The van der Waals surface area contributed by atoms with Crippen LogP contribution in [0.25, 0.3) is 0 Å². The smallest absolute Gasteiger partial charge is 0.335 e. The van der Waals surface area contributed by atoms with Crippen LogP contribution in [0.5, 0.6) is 0 Å². The summed E-state index contributed by atoms with van der Waals surface area (Å²) in [6.07, 6.45) is -3.49. The minimum Gasteiger partial charge on any atom is -0.479 e. The van der Waals surface area contributed by atoms with Gasteiger partial charge in [0.2, 0.25) is 0 Å². The van der Waals surface area contributed by atoms with E-state index in [1.807, 2.05) is 0 Å². The molecule has 0 aliphatic rings. The molecule has 1 rings (SSSR count). The number of carboxylic acid groups (broad SMARTS) is 1. The van der Waals surface area contributed by atoms with Crippen LogP contribution in [0.4, 0.5) is 0 Å². The highest BCUT2D eigenvalue weighted by atomic mass is 35.5. The number of halogens is 2. The summed E-state index contributed by atoms with van der Waals surface area (Å²) in [6, 6.07) is 4.16. The van der Waals surface area contributed by atoms with Crippen LogP contribution < -0.4 is 0 Å². The largest absolute Gasteiger partial charge is 0.479 e. The van der Waals surface area contributed by atoms with Crippen molar-refractivity contribution >= 4 is 29.2 Å². The van der Waals surface area contributed by atoms with E-state index in [2.05, 4.69) is 0 Å². The molecule has 0 amide bonds. The molecule has 0 heterocycles. The first-order chi connectivity index (χ1) is 6.93. The quantitative estimate of drug-likeness (QED) is 0.760. The van der Waals surface area contributed by atoms with Crippen LogP contribution in [-0.2, 0) is 4.79 Å². The number of benzene rings is 1. The van der Waals surface area contributed by atoms with Gasteiger partial charge in [-0.15, -0.1) is 0 Å². The molecular formula is C9H8Cl2O4. The lowest BCUT2D eigenvalue weighted by Crippen LogP contribution is -2.27. The standard InChI is InChI=1S/C9H8Cl2O4/c10-4-1-2-5(6(11)3-4)7(12)8(13)9(14)15/h1-3,7-8,12-13H,(H,14,15)/t7-,8-/m0/s1. The Hall–Kier alpha value is -0.810. The number of aliphatic hydroxyl groups is 2. The summed E-state index contributed by atoms with van der Waals surface area (Å²) < 4.78 is 0. The van der Waals surface area contributed by atoms with Crippen molar-refractivity contribution < 1.29 is 20.1 Å². The molecule has 0 saturated carbocycles. The average Bonchev–Trinajstić information content (AvgIpc) is 2.15. The van der Waals surface area contributed by atoms with E-state index in [1.165, 1.54) is 18.2 Å². The molecule has 15 heavy (non-hydrogen) atoms. The zero-order valence-electron chi connectivity index (χ0n) is 7.39. The van der Waals surface area contributed by atoms with Gasteiger partial charge in [-0.3, -0.25) is 0 Å². The molecule has 0 saturated heterocycles. The maximum absolute atomic E-state index is 10.4. The van der Waals surface area contributed by atoms with Gasteiger partial charge in [-0.2, -0.15) is 0 Å². The predicted molar refractivity (Wildman–Crippen MR) is 55.1 cm³/mol. The number of aliphatic hydroxyl groups excluding tert-OH is 2. The van der Waals surface area contributed by atoms with Crippen molar-refractivity contribution in [1.82, 2.24) is 0 Å². The highest BCUT2D eigenvalue weighted by molar-refractivity contribution is 6.35. The van der Waals surface area contributed by atoms with E-state index in [1.54, 1.807) is 0 Å². The number of rotatable bonds is 3. The molecule has 0 spiro atoms. The monoisotopic (exact) mass is 250 g/mol. The Balaban J connectivity index is 3.01. The molecule has 0 bridgehead atoms. The van der Waals surface area contributed by atoms with Crippen LogP contribution in [0, 0.1) is 0 Å². The van der Waals surface area contributed by atoms with Gasteiger partial charge in [-0.1, -0.05) is 29.3 Å². The summed E-state index contributed by atoms with van der Waals surface area (Å²) in [6.45, 7) is 0. The molecule has 6 heteroatoms. The van der Waals surface area contributed by atoms with Gasteiger partial charge in [0.25, 0.3) is 0 Å². The molecule has 2 atom stereocenters. The Morgan fingerprint density at radius 3 is 2.33 bits per heavy atom. The van der Waals surface area contributed by atoms with Crippen LogP contribution in [-0.4, -0.2) is 27.4 Å². The van der Waals surface area contributed by atoms with Crippen LogP contribution in [0.2, 0.25) is 10.0 Å². The molecule has 3 N–H and O–H groups in total. The Kier molecular flexibility index (Phi) is 3.93. The van der Waals surface area contributed by atoms with Crippen molar-refractivity contribution in [3.8, 4) is 0 Å². The zero-order valence-corrected chi connectivity index (χ0v) is 8.90. The highest BCUT2D eigenvalue weighted by Gasteiger charge is 2.26. The van der Waals surface area contributed by atoms with Gasteiger partial charge in [-0.05, 0) is 12.1 Å². The normalized spacial score (nSPS) is 14.7. The van der Waals surface area contributed by atoms with E-state index < -0.39 is 18.2 Å². The summed E-state index contributed by atoms with van der Waals surface area (Å²) in [5, 5.41) is 27.5. The molecule has 0 aliphatic heterocycles. The lowest BCUT2D eigenvalue weighted by molar-refractivity contribution is -0.153. The van der Waals surface area contributed by atoms with Crippen molar-refractivity contribution in [1.29, 1.82) is 0 Å². The van der Waals surface area contributed by atoms with Gasteiger partial charge in [0.1, 0.15) is 6.10 Å². The van der Waals surface area contributed by atoms with Crippen LogP contribution in [0.15, 0.2) is 18.2 Å². The Labute approximate surface area is 95.7 Å². The molecule has 0 aliphatic carbocycles. The highest BCUT2D eigenvalue weighted by Crippen LogP contribution is 2.28. The van der Waals surface area contributed by atoms with Crippen LogP contribution in [0.3, 0.4) is 0 Å². The third-order valence-corrected chi connectivity index (χ3v) is 2.40. The SMILES string of the molecule is O=C(O)[C@@H](O)[C@@H](O)c1ccc(Cl)cc1Cl. The van der Waals surface area contributed by atoms with Crippen molar-refractivity contribution in [3.05, 3.63) is 33.8 Å². The number of aliphatic carboxylic acids is 1. The number of carboxylic acids is 1. The summed E-state index contributed by atoms with van der Waals surface area (Å²) in [4.78, 5) is 10.4. The third-order valence-electron chi connectivity index (χ3n) is 1.83. The Morgan fingerprint density at radius 2 is 1.87 bits per heavy atom. The fourth-order valence-corrected chi connectivity index (χ4v) is 1.57. The fraction of sp³-hybridized carbons (Fsp3) is 0.222. The van der Waals surface area contributed by atoms with Gasteiger partial charge in [0.05, 0.1) is 0 Å². The first-order valence-electron chi connectivity index (χ1n) is 3.97. The minimum absolute atomic E-state index is 0.107. The summed E-state index contributed by atoms with van der Waals surface area (Å²) >= 11 is 11.3. The average molecular weight is 251 g/mol. The molecule has 82 valence electrons. The molecular weight excluding hydrogens is 243 g/mol. The van der Waals surface area contributed by atoms with Crippen molar-refractivity contribution in [2.24, 2.45) is 0 Å². The lowest BCUT2D eigenvalue weighted by atomic mass is 10.0. The van der Waals surface area contributed by atoms with Crippen molar-refractivity contribution in [2.45, 2.75) is 12.2 Å². The maximum atomic E-state index is 10.4. The van der Waals surface area contributed by atoms with E-state index in [0.717, 1.165) is 0 Å². The van der Waals surface area contributed by atoms with E-state index >= 15 is 0 Å². The van der Waals surface area contributed by atoms with E-state index in [4.69, 9.17) is 33.4 Å². The molecule has 0 fully saturated rings. The van der Waals surface area contributed by atoms with Gasteiger partial charge >= 0.3 is 5.97 Å². The van der Waals surface area contributed by atoms with Crippen molar-refractivity contribution in [2.75, 3.05) is 0 Å².